The van der Waals surface area contributed by atoms with Crippen LogP contribution in [0, 0.1) is 0 Å². The van der Waals surface area contributed by atoms with Crippen molar-refractivity contribution in [2.24, 2.45) is 0 Å². The molecule has 0 aliphatic heterocycles. The highest BCUT2D eigenvalue weighted by Crippen LogP contribution is 2.15. The molecule has 1 heterocycles. The van der Waals surface area contributed by atoms with Gasteiger partial charge in [-0.1, -0.05) is 11.6 Å². The molecule has 0 unspecified atom stereocenters. The second-order valence-corrected chi connectivity index (χ2v) is 4.57. The summed E-state index contributed by atoms with van der Waals surface area (Å²) in [5, 5.41) is 0.0412. The summed E-state index contributed by atoms with van der Waals surface area (Å²) in [6, 6.07) is 0. The van der Waals surface area contributed by atoms with Crippen LogP contribution in [-0.4, -0.2) is 24.1 Å². The highest BCUT2D eigenvalue weighted by atomic mass is 35.5. The molecular formula is C6H8ClN3O2S. The standard InChI is InChI=1S/C6H8ClN3O2S/c1-2-13(11,12)10-6-5(7)8-3-4-9-6/h3-4H,2H2,1H3,(H,9,10). The first-order valence-corrected chi connectivity index (χ1v) is 5.55. The van der Waals surface area contributed by atoms with Gasteiger partial charge in [0.2, 0.25) is 10.0 Å². The van der Waals surface area contributed by atoms with E-state index >= 15 is 0 Å². The lowest BCUT2D eigenvalue weighted by Crippen LogP contribution is -2.15. The molecule has 72 valence electrons. The Labute approximate surface area is 81.2 Å². The van der Waals surface area contributed by atoms with Crippen molar-refractivity contribution in [3.63, 3.8) is 0 Å². The topological polar surface area (TPSA) is 72.0 Å². The summed E-state index contributed by atoms with van der Waals surface area (Å²) in [5.74, 6) is 0.0333. The SMILES string of the molecule is CCS(=O)(=O)Nc1nccnc1Cl. The minimum absolute atomic E-state index is 0.0279. The lowest BCUT2D eigenvalue weighted by molar-refractivity contribution is 0.602. The second kappa shape index (κ2) is 3.89. The molecule has 0 spiro atoms. The Balaban J connectivity index is 2.93. The smallest absolute Gasteiger partial charge is 0.233 e. The molecule has 13 heavy (non-hydrogen) atoms. The molecule has 1 aromatic heterocycles. The maximum Gasteiger partial charge on any atom is 0.233 e. The fourth-order valence-electron chi connectivity index (χ4n) is 0.609. The van der Waals surface area contributed by atoms with E-state index in [0.29, 0.717) is 0 Å². The van der Waals surface area contributed by atoms with Crippen molar-refractivity contribution >= 4 is 27.4 Å². The van der Waals surface area contributed by atoms with Crippen LogP contribution in [0.5, 0.6) is 0 Å². The van der Waals surface area contributed by atoms with Crippen molar-refractivity contribution in [1.82, 2.24) is 9.97 Å². The summed E-state index contributed by atoms with van der Waals surface area (Å²) in [4.78, 5) is 7.40. The van der Waals surface area contributed by atoms with Crippen LogP contribution in [0.15, 0.2) is 12.4 Å². The Morgan fingerprint density at radius 3 is 2.62 bits per heavy atom. The summed E-state index contributed by atoms with van der Waals surface area (Å²) in [6.45, 7) is 1.52. The van der Waals surface area contributed by atoms with Crippen LogP contribution in [0.1, 0.15) is 6.92 Å². The van der Waals surface area contributed by atoms with Crippen molar-refractivity contribution in [2.45, 2.75) is 6.92 Å². The van der Waals surface area contributed by atoms with Crippen molar-refractivity contribution in [1.29, 1.82) is 0 Å². The van der Waals surface area contributed by atoms with Crippen LogP contribution < -0.4 is 4.72 Å². The molecule has 1 rings (SSSR count). The van der Waals surface area contributed by atoms with E-state index in [9.17, 15) is 8.42 Å². The first kappa shape index (κ1) is 10.2. The average molecular weight is 222 g/mol. The van der Waals surface area contributed by atoms with Crippen molar-refractivity contribution in [2.75, 3.05) is 10.5 Å². The maximum atomic E-state index is 11.1. The third-order valence-corrected chi connectivity index (χ3v) is 2.83. The summed E-state index contributed by atoms with van der Waals surface area (Å²) >= 11 is 5.59. The Hall–Kier alpha value is -0.880. The number of rotatable bonds is 3. The number of nitrogens with one attached hydrogen (secondary N) is 1. The second-order valence-electron chi connectivity index (χ2n) is 2.20. The first-order chi connectivity index (χ1) is 6.05. The van der Waals surface area contributed by atoms with E-state index in [-0.39, 0.29) is 16.7 Å². The molecule has 5 nitrogen and oxygen atoms in total. The van der Waals surface area contributed by atoms with Crippen molar-refractivity contribution in [3.8, 4) is 0 Å². The van der Waals surface area contributed by atoms with Gasteiger partial charge in [-0.05, 0) is 6.92 Å². The van der Waals surface area contributed by atoms with Crippen LogP contribution in [0.2, 0.25) is 5.15 Å². The van der Waals surface area contributed by atoms with Crippen LogP contribution in [0.4, 0.5) is 5.82 Å². The van der Waals surface area contributed by atoms with E-state index in [2.05, 4.69) is 14.7 Å². The number of sulfonamides is 1. The van der Waals surface area contributed by atoms with E-state index in [4.69, 9.17) is 11.6 Å². The summed E-state index contributed by atoms with van der Waals surface area (Å²) in [6.07, 6.45) is 2.74. The number of anilines is 1. The Bertz CT molecular complexity index is 393. The molecule has 0 aromatic carbocycles. The van der Waals surface area contributed by atoms with Gasteiger partial charge >= 0.3 is 0 Å². The van der Waals surface area contributed by atoms with Gasteiger partial charge in [0.15, 0.2) is 11.0 Å². The van der Waals surface area contributed by atoms with Gasteiger partial charge in [-0.15, -0.1) is 0 Å². The van der Waals surface area contributed by atoms with Crippen LogP contribution in [-0.2, 0) is 10.0 Å². The third kappa shape index (κ3) is 2.82. The maximum absolute atomic E-state index is 11.1. The molecule has 0 saturated carbocycles. The predicted octanol–water partition coefficient (Wildman–Crippen LogP) is 0.892. The van der Waals surface area contributed by atoms with Gasteiger partial charge in [0.25, 0.3) is 0 Å². The summed E-state index contributed by atoms with van der Waals surface area (Å²) in [5.41, 5.74) is 0. The zero-order chi connectivity index (χ0) is 9.90. The van der Waals surface area contributed by atoms with Gasteiger partial charge in [-0.3, -0.25) is 4.72 Å². The Kier molecular flexibility index (Phi) is 3.05. The van der Waals surface area contributed by atoms with Gasteiger partial charge in [0, 0.05) is 12.4 Å². The molecule has 0 atom stereocenters. The molecular weight excluding hydrogens is 214 g/mol. The van der Waals surface area contributed by atoms with Gasteiger partial charge in [0.05, 0.1) is 5.75 Å². The van der Waals surface area contributed by atoms with Crippen LogP contribution in [0.25, 0.3) is 0 Å². The number of halogens is 1. The minimum atomic E-state index is -3.33. The third-order valence-electron chi connectivity index (χ3n) is 1.29. The molecule has 0 fully saturated rings. The number of aromatic nitrogens is 2. The monoisotopic (exact) mass is 221 g/mol. The van der Waals surface area contributed by atoms with Gasteiger partial charge in [-0.2, -0.15) is 0 Å². The molecule has 0 bridgehead atoms. The molecule has 1 N–H and O–H groups in total. The molecule has 1 aromatic rings. The van der Waals surface area contributed by atoms with E-state index in [1.54, 1.807) is 0 Å². The minimum Gasteiger partial charge on any atom is -0.265 e. The zero-order valence-electron chi connectivity index (χ0n) is 6.86. The molecule has 0 aliphatic carbocycles. The summed E-state index contributed by atoms with van der Waals surface area (Å²) in [7, 11) is -3.33. The molecule has 0 amide bonds. The Morgan fingerprint density at radius 2 is 2.08 bits per heavy atom. The largest absolute Gasteiger partial charge is 0.265 e. The Morgan fingerprint density at radius 1 is 1.46 bits per heavy atom. The van der Waals surface area contributed by atoms with Crippen LogP contribution >= 0.6 is 11.6 Å². The van der Waals surface area contributed by atoms with E-state index in [1.807, 2.05) is 0 Å². The van der Waals surface area contributed by atoms with Gasteiger partial charge in [-0.25, -0.2) is 18.4 Å². The molecule has 0 aliphatic rings. The van der Waals surface area contributed by atoms with Crippen LogP contribution in [0.3, 0.4) is 0 Å². The lowest BCUT2D eigenvalue weighted by Gasteiger charge is -2.04. The molecule has 0 radical (unpaired) electrons. The molecule has 7 heteroatoms. The lowest BCUT2D eigenvalue weighted by atomic mass is 10.7. The highest BCUT2D eigenvalue weighted by molar-refractivity contribution is 7.92. The predicted molar refractivity (Wildman–Crippen MR) is 50.1 cm³/mol. The number of hydrogen-bond acceptors (Lipinski definition) is 4. The van der Waals surface area contributed by atoms with E-state index in [0.717, 1.165) is 0 Å². The van der Waals surface area contributed by atoms with Gasteiger partial charge in [0.1, 0.15) is 0 Å². The summed E-state index contributed by atoms with van der Waals surface area (Å²) < 4.78 is 24.4. The average Bonchev–Trinajstić information content (AvgIpc) is 2.09. The normalized spacial score (nSPS) is 11.2. The number of nitrogens with zero attached hydrogens (tertiary/aromatic N) is 2. The fourth-order valence-corrected chi connectivity index (χ4v) is 1.41. The van der Waals surface area contributed by atoms with E-state index < -0.39 is 10.0 Å². The van der Waals surface area contributed by atoms with E-state index in [1.165, 1.54) is 19.3 Å². The van der Waals surface area contributed by atoms with Gasteiger partial charge < -0.3 is 0 Å². The van der Waals surface area contributed by atoms with Crippen molar-refractivity contribution < 1.29 is 8.42 Å². The van der Waals surface area contributed by atoms with Crippen molar-refractivity contribution in [3.05, 3.63) is 17.5 Å². The number of hydrogen-bond donors (Lipinski definition) is 1. The first-order valence-electron chi connectivity index (χ1n) is 3.52. The zero-order valence-corrected chi connectivity index (χ0v) is 8.43. The fraction of sp³-hybridized carbons (Fsp3) is 0.333. The quantitative estimate of drug-likeness (QED) is 0.823. The highest BCUT2D eigenvalue weighted by Gasteiger charge is 2.10. The molecule has 0 saturated heterocycles.